The topological polar surface area (TPSA) is 75.4 Å². The van der Waals surface area contributed by atoms with Crippen LogP contribution in [0, 0.1) is 0 Å². The summed E-state index contributed by atoms with van der Waals surface area (Å²) in [6, 6.07) is 16.0. The number of benzene rings is 1. The number of hydrogen-bond donors (Lipinski definition) is 1. The Morgan fingerprint density at radius 1 is 1.12 bits per heavy atom. The van der Waals surface area contributed by atoms with Crippen molar-refractivity contribution in [3.63, 3.8) is 0 Å². The monoisotopic (exact) mass is 349 g/mol. The Kier molecular flexibility index (Phi) is 5.43. The van der Waals surface area contributed by atoms with Crippen LogP contribution in [0.4, 0.5) is 5.69 Å². The molecule has 1 aromatic carbocycles. The largest absolute Gasteiger partial charge is 0.467 e. The highest BCUT2D eigenvalue weighted by Crippen LogP contribution is 2.17. The summed E-state index contributed by atoms with van der Waals surface area (Å²) >= 11 is 0. The average Bonchev–Trinajstić information content (AvgIpc) is 3.21. The molecule has 3 rings (SSSR count). The molecule has 0 saturated carbocycles. The van der Waals surface area contributed by atoms with Crippen molar-refractivity contribution in [1.82, 2.24) is 10.3 Å². The van der Waals surface area contributed by atoms with E-state index in [-0.39, 0.29) is 24.1 Å². The predicted octanol–water partition coefficient (Wildman–Crippen LogP) is 3.27. The van der Waals surface area contributed by atoms with Gasteiger partial charge in [0.05, 0.1) is 12.8 Å². The normalized spacial score (nSPS) is 10.3. The molecule has 2 aromatic heterocycles. The molecule has 2 amide bonds. The fourth-order valence-electron chi connectivity index (χ4n) is 2.57. The molecular formula is C20H19N3O3. The van der Waals surface area contributed by atoms with Gasteiger partial charge >= 0.3 is 0 Å². The molecule has 6 nitrogen and oxygen atoms in total. The molecule has 0 saturated heterocycles. The van der Waals surface area contributed by atoms with E-state index in [0.29, 0.717) is 17.9 Å². The molecular weight excluding hydrogens is 330 g/mol. The number of pyridine rings is 1. The van der Waals surface area contributed by atoms with Crippen molar-refractivity contribution >= 4 is 17.5 Å². The van der Waals surface area contributed by atoms with Crippen LogP contribution < -0.4 is 10.2 Å². The molecule has 0 spiro atoms. The molecule has 0 radical (unpaired) electrons. The number of nitrogens with zero attached hydrogens (tertiary/aromatic N) is 2. The van der Waals surface area contributed by atoms with E-state index < -0.39 is 0 Å². The van der Waals surface area contributed by atoms with Crippen molar-refractivity contribution < 1.29 is 14.0 Å². The van der Waals surface area contributed by atoms with Gasteiger partial charge in [0.25, 0.3) is 11.8 Å². The van der Waals surface area contributed by atoms with Gasteiger partial charge in [0.2, 0.25) is 0 Å². The standard InChI is InChI=1S/C20H19N3O3/c1-2-23(16-7-4-3-5-8-16)20(25)15-10-11-21-18(13-15)19(24)22-14-17-9-6-12-26-17/h3-13H,2,14H2,1H3,(H,22,24). The smallest absolute Gasteiger partial charge is 0.270 e. The highest BCUT2D eigenvalue weighted by atomic mass is 16.3. The number of carbonyl (C=O) groups excluding carboxylic acids is 2. The van der Waals surface area contributed by atoms with Crippen LogP contribution in [-0.2, 0) is 6.54 Å². The van der Waals surface area contributed by atoms with Gasteiger partial charge < -0.3 is 14.6 Å². The minimum absolute atomic E-state index is 0.179. The summed E-state index contributed by atoms with van der Waals surface area (Å²) in [6.07, 6.45) is 3.01. The van der Waals surface area contributed by atoms with E-state index in [2.05, 4.69) is 10.3 Å². The number of para-hydroxylation sites is 1. The molecule has 0 aliphatic rings. The van der Waals surface area contributed by atoms with E-state index in [9.17, 15) is 9.59 Å². The lowest BCUT2D eigenvalue weighted by molar-refractivity contribution is 0.0943. The zero-order valence-electron chi connectivity index (χ0n) is 14.4. The van der Waals surface area contributed by atoms with E-state index in [1.807, 2.05) is 37.3 Å². The molecule has 0 aliphatic heterocycles. The van der Waals surface area contributed by atoms with Crippen molar-refractivity contribution in [1.29, 1.82) is 0 Å². The second-order valence-corrected chi connectivity index (χ2v) is 5.58. The van der Waals surface area contributed by atoms with Gasteiger partial charge in [0.15, 0.2) is 0 Å². The summed E-state index contributed by atoms with van der Waals surface area (Å²) in [7, 11) is 0. The van der Waals surface area contributed by atoms with Crippen molar-refractivity contribution in [2.45, 2.75) is 13.5 Å². The maximum atomic E-state index is 12.8. The highest BCUT2D eigenvalue weighted by Gasteiger charge is 2.18. The number of hydrogen-bond acceptors (Lipinski definition) is 4. The lowest BCUT2D eigenvalue weighted by Crippen LogP contribution is -2.31. The Labute approximate surface area is 151 Å². The van der Waals surface area contributed by atoms with Gasteiger partial charge in [0, 0.05) is 24.0 Å². The first-order chi connectivity index (χ1) is 12.7. The number of amides is 2. The number of anilines is 1. The van der Waals surface area contributed by atoms with Crippen molar-refractivity contribution in [3.05, 3.63) is 84.1 Å². The molecule has 26 heavy (non-hydrogen) atoms. The van der Waals surface area contributed by atoms with Crippen molar-refractivity contribution in [3.8, 4) is 0 Å². The first-order valence-electron chi connectivity index (χ1n) is 8.32. The summed E-state index contributed by atoms with van der Waals surface area (Å²) in [5.74, 6) is 0.104. The Bertz CT molecular complexity index is 876. The van der Waals surface area contributed by atoms with Gasteiger partial charge in [-0.05, 0) is 43.3 Å². The molecule has 6 heteroatoms. The van der Waals surface area contributed by atoms with Gasteiger partial charge in [-0.1, -0.05) is 18.2 Å². The van der Waals surface area contributed by atoms with Crippen LogP contribution in [0.15, 0.2) is 71.5 Å². The minimum atomic E-state index is -0.362. The second-order valence-electron chi connectivity index (χ2n) is 5.58. The number of carbonyl (C=O) groups is 2. The zero-order valence-corrected chi connectivity index (χ0v) is 14.4. The van der Waals surface area contributed by atoms with E-state index in [1.54, 1.807) is 29.4 Å². The Morgan fingerprint density at radius 3 is 2.62 bits per heavy atom. The van der Waals surface area contributed by atoms with Gasteiger partial charge in [-0.15, -0.1) is 0 Å². The van der Waals surface area contributed by atoms with E-state index in [0.717, 1.165) is 5.69 Å². The fraction of sp³-hybridized carbons (Fsp3) is 0.150. The van der Waals surface area contributed by atoms with Gasteiger partial charge in [-0.3, -0.25) is 14.6 Å². The molecule has 0 fully saturated rings. The number of nitrogens with one attached hydrogen (secondary N) is 1. The third kappa shape index (κ3) is 3.97. The minimum Gasteiger partial charge on any atom is -0.467 e. The van der Waals surface area contributed by atoms with Crippen LogP contribution in [-0.4, -0.2) is 23.3 Å². The molecule has 0 aliphatic carbocycles. The highest BCUT2D eigenvalue weighted by molar-refractivity contribution is 6.07. The van der Waals surface area contributed by atoms with Gasteiger partial charge in [-0.2, -0.15) is 0 Å². The lowest BCUT2D eigenvalue weighted by atomic mass is 10.1. The van der Waals surface area contributed by atoms with Crippen LogP contribution in [0.5, 0.6) is 0 Å². The summed E-state index contributed by atoms with van der Waals surface area (Å²) in [6.45, 7) is 2.69. The Hall–Kier alpha value is -3.41. The zero-order chi connectivity index (χ0) is 18.4. The van der Waals surface area contributed by atoms with Crippen LogP contribution in [0.25, 0.3) is 0 Å². The molecule has 0 atom stereocenters. The van der Waals surface area contributed by atoms with Gasteiger partial charge in [-0.25, -0.2) is 0 Å². The van der Waals surface area contributed by atoms with Crippen molar-refractivity contribution in [2.24, 2.45) is 0 Å². The molecule has 2 heterocycles. The second kappa shape index (κ2) is 8.11. The van der Waals surface area contributed by atoms with E-state index >= 15 is 0 Å². The molecule has 0 unspecified atom stereocenters. The average molecular weight is 349 g/mol. The first kappa shape index (κ1) is 17.4. The van der Waals surface area contributed by atoms with Crippen LogP contribution in [0.3, 0.4) is 0 Å². The van der Waals surface area contributed by atoms with Crippen LogP contribution in [0.2, 0.25) is 0 Å². The van der Waals surface area contributed by atoms with E-state index in [1.165, 1.54) is 12.3 Å². The first-order valence-corrected chi connectivity index (χ1v) is 8.32. The van der Waals surface area contributed by atoms with Gasteiger partial charge in [0.1, 0.15) is 11.5 Å². The SMILES string of the molecule is CCN(C(=O)c1ccnc(C(=O)NCc2ccco2)c1)c1ccccc1. The summed E-state index contributed by atoms with van der Waals surface area (Å²) in [4.78, 5) is 30.8. The molecule has 132 valence electrons. The molecule has 3 aromatic rings. The Morgan fingerprint density at radius 2 is 1.92 bits per heavy atom. The van der Waals surface area contributed by atoms with Crippen molar-refractivity contribution in [2.75, 3.05) is 11.4 Å². The third-order valence-electron chi connectivity index (χ3n) is 3.87. The maximum absolute atomic E-state index is 12.8. The maximum Gasteiger partial charge on any atom is 0.270 e. The quantitative estimate of drug-likeness (QED) is 0.741. The van der Waals surface area contributed by atoms with Crippen LogP contribution in [0.1, 0.15) is 33.5 Å². The summed E-state index contributed by atoms with van der Waals surface area (Å²) < 4.78 is 5.18. The molecule has 0 bridgehead atoms. The van der Waals surface area contributed by atoms with Crippen LogP contribution >= 0.6 is 0 Å². The molecule has 1 N–H and O–H groups in total. The van der Waals surface area contributed by atoms with E-state index in [4.69, 9.17) is 4.42 Å². The fourth-order valence-corrected chi connectivity index (χ4v) is 2.57. The number of rotatable bonds is 6. The lowest BCUT2D eigenvalue weighted by Gasteiger charge is -2.21. The Balaban J connectivity index is 1.75. The summed E-state index contributed by atoms with van der Waals surface area (Å²) in [5.41, 5.74) is 1.40. The number of furan rings is 1. The summed E-state index contributed by atoms with van der Waals surface area (Å²) in [5, 5.41) is 2.72. The number of aromatic nitrogens is 1. The third-order valence-corrected chi connectivity index (χ3v) is 3.87. The predicted molar refractivity (Wildman–Crippen MR) is 97.9 cm³/mol.